The number of esters is 2. The van der Waals surface area contributed by atoms with E-state index in [4.69, 9.17) is 9.47 Å². The van der Waals surface area contributed by atoms with Crippen LogP contribution in [0.5, 0.6) is 0 Å². The summed E-state index contributed by atoms with van der Waals surface area (Å²) in [4.78, 5) is 48.3. The van der Waals surface area contributed by atoms with E-state index in [2.05, 4.69) is 5.32 Å². The number of carbonyl (C=O) groups is 4. The van der Waals surface area contributed by atoms with Gasteiger partial charge in [0.05, 0.1) is 17.0 Å². The van der Waals surface area contributed by atoms with E-state index in [1.165, 1.54) is 6.92 Å². The highest BCUT2D eigenvalue weighted by atomic mass is 32.1. The summed E-state index contributed by atoms with van der Waals surface area (Å²) in [7, 11) is 0. The van der Waals surface area contributed by atoms with Crippen LogP contribution in [0.1, 0.15) is 71.5 Å². The summed E-state index contributed by atoms with van der Waals surface area (Å²) in [5.74, 6) is -1.42. The molecule has 0 spiro atoms. The molecule has 1 N–H and O–H groups in total. The van der Waals surface area contributed by atoms with Crippen LogP contribution in [-0.2, 0) is 19.1 Å². The Bertz CT molecular complexity index is 733. The molecule has 1 aromatic heterocycles. The van der Waals surface area contributed by atoms with Crippen LogP contribution in [0.15, 0.2) is 0 Å². The highest BCUT2D eigenvalue weighted by Crippen LogP contribution is 2.34. The molecule has 1 amide bonds. The number of hydrogen-bond acceptors (Lipinski definition) is 7. The Labute approximate surface area is 162 Å². The Morgan fingerprint density at radius 3 is 2.41 bits per heavy atom. The fourth-order valence-corrected chi connectivity index (χ4v) is 4.31. The number of thiophene rings is 1. The average Bonchev–Trinajstić information content (AvgIpc) is 3.21. The maximum absolute atomic E-state index is 12.2. The normalized spacial score (nSPS) is 14.0. The summed E-state index contributed by atoms with van der Waals surface area (Å²) in [5, 5.41) is 2.79. The van der Waals surface area contributed by atoms with Crippen molar-refractivity contribution in [1.29, 1.82) is 0 Å². The van der Waals surface area contributed by atoms with E-state index >= 15 is 0 Å². The molecule has 1 aliphatic rings. The molecule has 0 bridgehead atoms. The molecule has 1 fully saturated rings. The van der Waals surface area contributed by atoms with Crippen molar-refractivity contribution in [2.24, 2.45) is 5.92 Å². The van der Waals surface area contributed by atoms with Crippen LogP contribution in [0.3, 0.4) is 0 Å². The van der Waals surface area contributed by atoms with Crippen LogP contribution in [0, 0.1) is 12.8 Å². The third-order valence-corrected chi connectivity index (χ3v) is 5.80. The van der Waals surface area contributed by atoms with Crippen molar-refractivity contribution in [3.8, 4) is 0 Å². The van der Waals surface area contributed by atoms with Gasteiger partial charge in [-0.25, -0.2) is 4.79 Å². The Balaban J connectivity index is 2.01. The summed E-state index contributed by atoms with van der Waals surface area (Å²) in [5.41, 5.74) is 0.636. The van der Waals surface area contributed by atoms with Gasteiger partial charge < -0.3 is 14.8 Å². The number of amides is 1. The maximum Gasteiger partial charge on any atom is 0.341 e. The van der Waals surface area contributed by atoms with E-state index in [0.717, 1.165) is 37.0 Å². The van der Waals surface area contributed by atoms with Crippen LogP contribution < -0.4 is 5.32 Å². The lowest BCUT2D eigenvalue weighted by atomic mass is 10.1. The summed E-state index contributed by atoms with van der Waals surface area (Å²) >= 11 is 1.01. The van der Waals surface area contributed by atoms with Crippen molar-refractivity contribution in [3.05, 3.63) is 16.0 Å². The summed E-state index contributed by atoms with van der Waals surface area (Å²) < 4.78 is 10.1. The fraction of sp³-hybridized carbons (Fsp3) is 0.579. The van der Waals surface area contributed by atoms with Gasteiger partial charge in [-0.2, -0.15) is 0 Å². The lowest BCUT2D eigenvalue weighted by molar-refractivity contribution is -0.148. The minimum atomic E-state index is -0.604. The van der Waals surface area contributed by atoms with Crippen molar-refractivity contribution < 1.29 is 28.7 Å². The first-order chi connectivity index (χ1) is 12.8. The molecule has 1 aliphatic carbocycles. The SMILES string of the molecule is CCOC(=O)c1c(NC(=O)COC(=O)CC2CCCC2)sc(C(C)=O)c1C. The molecule has 8 heteroatoms. The molecule has 0 aliphatic heterocycles. The molecule has 0 radical (unpaired) electrons. The monoisotopic (exact) mass is 395 g/mol. The first kappa shape index (κ1) is 21.1. The molecule has 27 heavy (non-hydrogen) atoms. The van der Waals surface area contributed by atoms with Gasteiger partial charge in [0.25, 0.3) is 5.91 Å². The van der Waals surface area contributed by atoms with Crippen LogP contribution >= 0.6 is 11.3 Å². The second-order valence-corrected chi connectivity index (χ2v) is 7.62. The third-order valence-electron chi connectivity index (χ3n) is 4.49. The molecule has 7 nitrogen and oxygen atoms in total. The van der Waals surface area contributed by atoms with Gasteiger partial charge in [-0.3, -0.25) is 14.4 Å². The second-order valence-electron chi connectivity index (χ2n) is 6.60. The van der Waals surface area contributed by atoms with E-state index in [1.807, 2.05) is 0 Å². The van der Waals surface area contributed by atoms with Crippen molar-refractivity contribution in [2.45, 2.75) is 52.9 Å². The predicted molar refractivity (Wildman–Crippen MR) is 101 cm³/mol. The number of carbonyl (C=O) groups excluding carboxylic acids is 4. The smallest absolute Gasteiger partial charge is 0.341 e. The fourth-order valence-electron chi connectivity index (χ4n) is 3.20. The quantitative estimate of drug-likeness (QED) is 0.534. The molecule has 148 valence electrons. The molecule has 0 unspecified atom stereocenters. The van der Waals surface area contributed by atoms with Gasteiger partial charge in [0.15, 0.2) is 12.4 Å². The first-order valence-corrected chi connectivity index (χ1v) is 9.92. The highest BCUT2D eigenvalue weighted by Gasteiger charge is 2.26. The maximum atomic E-state index is 12.2. The largest absolute Gasteiger partial charge is 0.462 e. The van der Waals surface area contributed by atoms with Gasteiger partial charge in [-0.15, -0.1) is 11.3 Å². The Morgan fingerprint density at radius 1 is 1.15 bits per heavy atom. The third kappa shape index (κ3) is 5.63. The standard InChI is InChI=1S/C19H25NO6S/c1-4-25-19(24)16-11(2)17(12(3)21)27-18(16)20-14(22)10-26-15(23)9-13-7-5-6-8-13/h13H,4-10H2,1-3H3,(H,20,22). The van der Waals surface area contributed by atoms with E-state index in [9.17, 15) is 19.2 Å². The number of anilines is 1. The van der Waals surface area contributed by atoms with Gasteiger partial charge in [-0.05, 0) is 45.1 Å². The zero-order valence-electron chi connectivity index (χ0n) is 15.9. The second kappa shape index (κ2) is 9.64. The average molecular weight is 395 g/mol. The summed E-state index contributed by atoms with van der Waals surface area (Å²) in [6, 6.07) is 0. The van der Waals surface area contributed by atoms with Crippen LogP contribution in [-0.4, -0.2) is 36.8 Å². The zero-order chi connectivity index (χ0) is 20.0. The number of ether oxygens (including phenoxy) is 2. The topological polar surface area (TPSA) is 98.8 Å². The van der Waals surface area contributed by atoms with E-state index in [-0.39, 0.29) is 23.0 Å². The Morgan fingerprint density at radius 2 is 1.81 bits per heavy atom. The predicted octanol–water partition coefficient (Wildman–Crippen LogP) is 3.50. The molecule has 0 aromatic carbocycles. The van der Waals surface area contributed by atoms with Gasteiger partial charge in [-0.1, -0.05) is 12.8 Å². The Hall–Kier alpha value is -2.22. The molecule has 1 saturated carbocycles. The van der Waals surface area contributed by atoms with Crippen molar-refractivity contribution >= 4 is 40.0 Å². The van der Waals surface area contributed by atoms with E-state index in [0.29, 0.717) is 22.8 Å². The van der Waals surface area contributed by atoms with Gasteiger partial charge in [0.1, 0.15) is 5.00 Å². The first-order valence-electron chi connectivity index (χ1n) is 9.10. The molecule has 0 saturated heterocycles. The molecule has 0 atom stereocenters. The minimum Gasteiger partial charge on any atom is -0.462 e. The zero-order valence-corrected chi connectivity index (χ0v) is 16.7. The molecule has 1 aromatic rings. The number of ketones is 1. The lowest BCUT2D eigenvalue weighted by Crippen LogP contribution is -2.22. The van der Waals surface area contributed by atoms with Crippen LogP contribution in [0.25, 0.3) is 0 Å². The Kier molecular flexibility index (Phi) is 7.53. The molecule has 2 rings (SSSR count). The summed E-state index contributed by atoms with van der Waals surface area (Å²) in [6.45, 7) is 4.45. The van der Waals surface area contributed by atoms with E-state index in [1.54, 1.807) is 13.8 Å². The number of hydrogen-bond donors (Lipinski definition) is 1. The number of rotatable bonds is 8. The minimum absolute atomic E-state index is 0.165. The van der Waals surface area contributed by atoms with Gasteiger partial charge in [0, 0.05) is 6.42 Å². The number of nitrogens with one attached hydrogen (secondary N) is 1. The molecular weight excluding hydrogens is 370 g/mol. The van der Waals surface area contributed by atoms with Crippen molar-refractivity contribution in [2.75, 3.05) is 18.5 Å². The van der Waals surface area contributed by atoms with Crippen LogP contribution in [0.2, 0.25) is 0 Å². The molecular formula is C19H25NO6S. The molecule has 1 heterocycles. The van der Waals surface area contributed by atoms with Crippen LogP contribution in [0.4, 0.5) is 5.00 Å². The van der Waals surface area contributed by atoms with Gasteiger partial charge in [0.2, 0.25) is 0 Å². The van der Waals surface area contributed by atoms with Gasteiger partial charge >= 0.3 is 11.9 Å². The van der Waals surface area contributed by atoms with Crippen molar-refractivity contribution in [3.63, 3.8) is 0 Å². The lowest BCUT2D eigenvalue weighted by Gasteiger charge is -2.10. The number of Topliss-reactive ketones (excluding diaryl/α,β-unsaturated/α-hetero) is 1. The van der Waals surface area contributed by atoms with E-state index < -0.39 is 24.5 Å². The summed E-state index contributed by atoms with van der Waals surface area (Å²) in [6.07, 6.45) is 4.63. The highest BCUT2D eigenvalue weighted by molar-refractivity contribution is 7.18. The van der Waals surface area contributed by atoms with Crippen molar-refractivity contribution in [1.82, 2.24) is 0 Å².